The molecule has 0 saturated carbocycles. The zero-order valence-electron chi connectivity index (χ0n) is 12.9. The van der Waals surface area contributed by atoms with Crippen LogP contribution in [0, 0.1) is 11.3 Å². The molecule has 2 rings (SSSR count). The molecule has 0 aliphatic heterocycles. The number of hydrogen-bond donors (Lipinski definition) is 1. The van der Waals surface area contributed by atoms with Gasteiger partial charge < -0.3 is 0 Å². The topological polar surface area (TPSA) is 58.0 Å². The second-order valence-corrected chi connectivity index (χ2v) is 7.03. The van der Waals surface area contributed by atoms with Gasteiger partial charge in [-0.1, -0.05) is 53.5 Å². The van der Waals surface area contributed by atoms with Crippen LogP contribution in [0.25, 0.3) is 0 Å². The molecule has 0 aromatic heterocycles. The van der Waals surface area contributed by atoms with Crippen LogP contribution in [0.2, 0.25) is 10.0 Å². The molecule has 124 valence electrons. The number of rotatable bonds is 6. The summed E-state index contributed by atoms with van der Waals surface area (Å²) in [5.74, 6) is -1.48. The molecule has 0 saturated heterocycles. The van der Waals surface area contributed by atoms with E-state index in [2.05, 4.69) is 0 Å². The van der Waals surface area contributed by atoms with Gasteiger partial charge in [0.1, 0.15) is 11.7 Å². The van der Waals surface area contributed by atoms with Crippen LogP contribution in [0.5, 0.6) is 0 Å². The molecular formula is C18H15Cl2NO2S. The molecule has 1 unspecified atom stereocenters. The fourth-order valence-electron chi connectivity index (χ4n) is 2.15. The second kappa shape index (κ2) is 8.47. The van der Waals surface area contributed by atoms with Crippen molar-refractivity contribution in [3.05, 3.63) is 69.7 Å². The third-order valence-corrected chi connectivity index (χ3v) is 4.94. The zero-order valence-corrected chi connectivity index (χ0v) is 15.2. The molecule has 24 heavy (non-hydrogen) atoms. The Hall–Kier alpha value is -1.62. The Bertz CT molecular complexity index is 778. The maximum absolute atomic E-state index is 12.7. The van der Waals surface area contributed by atoms with Crippen molar-refractivity contribution in [2.45, 2.75) is 12.7 Å². The predicted molar refractivity (Wildman–Crippen MR) is 100 cm³/mol. The van der Waals surface area contributed by atoms with Crippen molar-refractivity contribution in [3.63, 3.8) is 0 Å². The maximum Gasteiger partial charge on any atom is 0.181 e. The SMILES string of the molecule is CC(=O)C(C(=N)SCc1ccccc1)C(=O)c1ccc(Cl)cc1Cl. The average molecular weight is 380 g/mol. The number of benzene rings is 2. The largest absolute Gasteiger partial charge is 0.299 e. The molecule has 0 heterocycles. The molecule has 0 bridgehead atoms. The summed E-state index contributed by atoms with van der Waals surface area (Å²) in [7, 11) is 0. The first-order valence-electron chi connectivity index (χ1n) is 7.15. The monoisotopic (exact) mass is 379 g/mol. The van der Waals surface area contributed by atoms with Crippen LogP contribution in [0.3, 0.4) is 0 Å². The molecule has 6 heteroatoms. The van der Waals surface area contributed by atoms with Crippen molar-refractivity contribution in [2.75, 3.05) is 0 Å². The van der Waals surface area contributed by atoms with E-state index in [4.69, 9.17) is 28.6 Å². The van der Waals surface area contributed by atoms with Crippen molar-refractivity contribution >= 4 is 51.6 Å². The summed E-state index contributed by atoms with van der Waals surface area (Å²) >= 11 is 13.1. The minimum Gasteiger partial charge on any atom is -0.299 e. The Morgan fingerprint density at radius 1 is 1.12 bits per heavy atom. The van der Waals surface area contributed by atoms with E-state index in [9.17, 15) is 9.59 Å². The minimum absolute atomic E-state index is 0.0161. The fourth-order valence-corrected chi connectivity index (χ4v) is 3.61. The molecule has 1 atom stereocenters. The number of ketones is 2. The van der Waals surface area contributed by atoms with Crippen molar-refractivity contribution in [1.82, 2.24) is 0 Å². The molecule has 0 aliphatic carbocycles. The van der Waals surface area contributed by atoms with Crippen LogP contribution in [-0.4, -0.2) is 16.6 Å². The van der Waals surface area contributed by atoms with Gasteiger partial charge in [-0.15, -0.1) is 11.8 Å². The highest BCUT2D eigenvalue weighted by Gasteiger charge is 2.30. The third-order valence-electron chi connectivity index (χ3n) is 3.36. The summed E-state index contributed by atoms with van der Waals surface area (Å²) < 4.78 is 0. The highest BCUT2D eigenvalue weighted by Crippen LogP contribution is 2.27. The number of Topliss-reactive ketones (excluding diaryl/α,β-unsaturated/α-hetero) is 2. The van der Waals surface area contributed by atoms with Crippen LogP contribution in [0.4, 0.5) is 0 Å². The van der Waals surface area contributed by atoms with Crippen LogP contribution in [-0.2, 0) is 10.5 Å². The van der Waals surface area contributed by atoms with Gasteiger partial charge >= 0.3 is 0 Å². The van der Waals surface area contributed by atoms with Crippen LogP contribution >= 0.6 is 35.0 Å². The Labute approximate surface area is 154 Å². The summed E-state index contributed by atoms with van der Waals surface area (Å²) in [5.41, 5.74) is 1.22. The summed E-state index contributed by atoms with van der Waals surface area (Å²) in [6.45, 7) is 1.31. The third kappa shape index (κ3) is 4.69. The molecule has 0 amide bonds. The quantitative estimate of drug-likeness (QED) is 0.321. The van der Waals surface area contributed by atoms with E-state index in [0.717, 1.165) is 5.56 Å². The van der Waals surface area contributed by atoms with E-state index in [-0.39, 0.29) is 21.4 Å². The standard InChI is InChI=1S/C18H15Cl2NO2S/c1-11(22)16(17(23)14-8-7-13(19)9-15(14)20)18(21)24-10-12-5-3-2-4-6-12/h2-9,16,21H,10H2,1H3. The molecule has 1 N–H and O–H groups in total. The van der Waals surface area contributed by atoms with Gasteiger partial charge in [0.15, 0.2) is 5.78 Å². The van der Waals surface area contributed by atoms with Gasteiger partial charge in [0, 0.05) is 16.3 Å². The van der Waals surface area contributed by atoms with Crippen LogP contribution in [0.15, 0.2) is 48.5 Å². The van der Waals surface area contributed by atoms with Gasteiger partial charge in [-0.2, -0.15) is 0 Å². The Balaban J connectivity index is 2.17. The van der Waals surface area contributed by atoms with E-state index in [0.29, 0.717) is 10.8 Å². The molecule has 0 fully saturated rings. The lowest BCUT2D eigenvalue weighted by Crippen LogP contribution is -2.28. The van der Waals surface area contributed by atoms with Crippen molar-refractivity contribution < 1.29 is 9.59 Å². The number of hydrogen-bond acceptors (Lipinski definition) is 4. The van der Waals surface area contributed by atoms with E-state index in [1.165, 1.54) is 30.8 Å². The number of carbonyl (C=O) groups is 2. The van der Waals surface area contributed by atoms with Crippen molar-refractivity contribution in [2.24, 2.45) is 5.92 Å². The van der Waals surface area contributed by atoms with Gasteiger partial charge in [0.05, 0.1) is 10.1 Å². The first kappa shape index (κ1) is 18.7. The molecule has 0 radical (unpaired) electrons. The van der Waals surface area contributed by atoms with Gasteiger partial charge in [-0.3, -0.25) is 15.0 Å². The van der Waals surface area contributed by atoms with Gasteiger partial charge in [-0.25, -0.2) is 0 Å². The van der Waals surface area contributed by atoms with E-state index in [1.807, 2.05) is 30.3 Å². The van der Waals surface area contributed by atoms with Crippen molar-refractivity contribution in [1.29, 1.82) is 5.41 Å². The first-order chi connectivity index (χ1) is 11.4. The molecule has 3 nitrogen and oxygen atoms in total. The number of thioether (sulfide) groups is 1. The second-order valence-electron chi connectivity index (χ2n) is 5.17. The van der Waals surface area contributed by atoms with Gasteiger partial charge in [0.25, 0.3) is 0 Å². The first-order valence-corrected chi connectivity index (χ1v) is 8.89. The fraction of sp³-hybridized carbons (Fsp3) is 0.167. The minimum atomic E-state index is -1.14. The number of carbonyl (C=O) groups excluding carboxylic acids is 2. The molecule has 0 aliphatic rings. The molecular weight excluding hydrogens is 365 g/mol. The number of nitrogens with one attached hydrogen (secondary N) is 1. The average Bonchev–Trinajstić information content (AvgIpc) is 2.53. The molecule has 2 aromatic carbocycles. The Kier molecular flexibility index (Phi) is 6.60. The summed E-state index contributed by atoms with van der Waals surface area (Å²) in [5, 5.41) is 8.77. The number of halogens is 2. The summed E-state index contributed by atoms with van der Waals surface area (Å²) in [6, 6.07) is 14.1. The predicted octanol–water partition coefficient (Wildman–Crippen LogP) is 5.29. The maximum atomic E-state index is 12.7. The van der Waals surface area contributed by atoms with E-state index >= 15 is 0 Å². The smallest absolute Gasteiger partial charge is 0.181 e. The van der Waals surface area contributed by atoms with Crippen LogP contribution in [0.1, 0.15) is 22.8 Å². The normalized spacial score (nSPS) is 11.8. The highest BCUT2D eigenvalue weighted by molar-refractivity contribution is 8.13. The Morgan fingerprint density at radius 3 is 2.38 bits per heavy atom. The summed E-state index contributed by atoms with van der Waals surface area (Å²) in [4.78, 5) is 24.6. The van der Waals surface area contributed by atoms with E-state index < -0.39 is 11.7 Å². The van der Waals surface area contributed by atoms with Crippen molar-refractivity contribution in [3.8, 4) is 0 Å². The highest BCUT2D eigenvalue weighted by atomic mass is 35.5. The lowest BCUT2D eigenvalue weighted by atomic mass is 9.95. The lowest BCUT2D eigenvalue weighted by molar-refractivity contribution is -0.117. The van der Waals surface area contributed by atoms with Gasteiger partial charge in [-0.05, 0) is 30.7 Å². The Morgan fingerprint density at radius 2 is 1.79 bits per heavy atom. The van der Waals surface area contributed by atoms with E-state index in [1.54, 1.807) is 6.07 Å². The molecule has 0 spiro atoms. The van der Waals surface area contributed by atoms with Gasteiger partial charge in [0.2, 0.25) is 0 Å². The zero-order chi connectivity index (χ0) is 17.7. The molecule has 2 aromatic rings. The van der Waals surface area contributed by atoms with Crippen LogP contribution < -0.4 is 0 Å². The summed E-state index contributed by atoms with van der Waals surface area (Å²) in [6.07, 6.45) is 0. The lowest BCUT2D eigenvalue weighted by Gasteiger charge is -2.15.